The third-order valence-electron chi connectivity index (χ3n) is 8.52. The normalized spacial score (nSPS) is 22.0. The maximum absolute atomic E-state index is 13.3. The largest absolute Gasteiger partial charge is 0.481 e. The number of carboxylic acid groups (broad SMARTS) is 1. The van der Waals surface area contributed by atoms with Crippen LogP contribution in [0, 0.1) is 17.8 Å². The first-order valence-corrected chi connectivity index (χ1v) is 14.7. The van der Waals surface area contributed by atoms with Gasteiger partial charge in [0.25, 0.3) is 0 Å². The number of aromatic nitrogens is 2. The number of carbonyl (C=O) groups excluding carboxylic acids is 1. The van der Waals surface area contributed by atoms with Crippen LogP contribution in [0.4, 0.5) is 0 Å². The van der Waals surface area contributed by atoms with E-state index in [9.17, 15) is 14.7 Å². The Bertz CT molecular complexity index is 1190. The lowest BCUT2D eigenvalue weighted by Gasteiger charge is -2.31. The SMILES string of the molecule is CC1CCCCC1n1c(Cc2cccs2)nc2cc(C(=O)C[C@@H](CC3CCCCC3)C(=O)O)ccc21. The van der Waals surface area contributed by atoms with Gasteiger partial charge in [0, 0.05) is 29.3 Å². The molecule has 3 aromatic rings. The first-order valence-electron chi connectivity index (χ1n) is 13.8. The molecule has 2 aliphatic carbocycles. The second kappa shape index (κ2) is 11.3. The number of hydrogen-bond acceptors (Lipinski definition) is 4. The van der Waals surface area contributed by atoms with Gasteiger partial charge < -0.3 is 9.67 Å². The first kappa shape index (κ1) is 25.2. The van der Waals surface area contributed by atoms with Gasteiger partial charge in [0.2, 0.25) is 0 Å². The molecule has 0 aliphatic heterocycles. The number of imidazole rings is 1. The molecular formula is C30H38N2O3S. The smallest absolute Gasteiger partial charge is 0.306 e. The monoisotopic (exact) mass is 506 g/mol. The molecule has 2 saturated carbocycles. The van der Waals surface area contributed by atoms with Crippen LogP contribution in [0.25, 0.3) is 11.0 Å². The van der Waals surface area contributed by atoms with Crippen molar-refractivity contribution in [3.63, 3.8) is 0 Å². The molecule has 36 heavy (non-hydrogen) atoms. The van der Waals surface area contributed by atoms with Gasteiger partial charge in [-0.15, -0.1) is 11.3 Å². The standard InChI is InChI=1S/C30H38N2O3S/c1-20-8-5-6-12-26(20)32-27-14-13-22(17-25(27)31-29(32)19-24-11-7-15-36-24)28(33)18-23(30(34)35)16-21-9-3-2-4-10-21/h7,11,13-15,17,20-21,23,26H,2-6,8-10,12,16,18-19H2,1H3,(H,34,35)/t20?,23-,26?/m1/s1. The van der Waals surface area contributed by atoms with Crippen LogP contribution in [0.3, 0.4) is 0 Å². The number of ketones is 1. The van der Waals surface area contributed by atoms with E-state index in [-0.39, 0.29) is 12.2 Å². The van der Waals surface area contributed by atoms with Crippen LogP contribution in [0.1, 0.15) is 105 Å². The van der Waals surface area contributed by atoms with Crippen LogP contribution >= 0.6 is 11.3 Å². The molecule has 2 fully saturated rings. The number of hydrogen-bond donors (Lipinski definition) is 1. The minimum atomic E-state index is -0.844. The Morgan fingerprint density at radius 3 is 2.58 bits per heavy atom. The third kappa shape index (κ3) is 5.59. The van der Waals surface area contributed by atoms with Gasteiger partial charge >= 0.3 is 5.97 Å². The second-order valence-corrected chi connectivity index (χ2v) is 12.1. The van der Waals surface area contributed by atoms with Crippen LogP contribution in [0.2, 0.25) is 0 Å². The Morgan fingerprint density at radius 1 is 1.08 bits per heavy atom. The topological polar surface area (TPSA) is 72.2 Å². The number of carboxylic acids is 1. The fraction of sp³-hybridized carbons (Fsp3) is 0.567. The zero-order valence-corrected chi connectivity index (χ0v) is 22.1. The highest BCUT2D eigenvalue weighted by atomic mass is 32.1. The molecule has 0 saturated heterocycles. The zero-order valence-electron chi connectivity index (χ0n) is 21.3. The maximum atomic E-state index is 13.3. The van der Waals surface area contributed by atoms with Crippen LogP contribution in [0.5, 0.6) is 0 Å². The van der Waals surface area contributed by atoms with Crippen molar-refractivity contribution in [2.75, 3.05) is 0 Å². The first-order chi connectivity index (χ1) is 17.5. The molecule has 192 valence electrons. The van der Waals surface area contributed by atoms with E-state index < -0.39 is 11.9 Å². The summed E-state index contributed by atoms with van der Waals surface area (Å²) in [6, 6.07) is 10.5. The van der Waals surface area contributed by atoms with Crippen molar-refractivity contribution in [3.05, 3.63) is 52.0 Å². The number of carbonyl (C=O) groups is 2. The van der Waals surface area contributed by atoms with E-state index in [1.54, 1.807) is 11.3 Å². The van der Waals surface area contributed by atoms with E-state index in [0.717, 1.165) is 42.5 Å². The Labute approximate surface area is 217 Å². The van der Waals surface area contributed by atoms with Crippen molar-refractivity contribution < 1.29 is 14.7 Å². The number of benzene rings is 1. The van der Waals surface area contributed by atoms with Gasteiger partial charge in [0.1, 0.15) is 5.82 Å². The third-order valence-corrected chi connectivity index (χ3v) is 9.39. The molecule has 2 aliphatic rings. The summed E-state index contributed by atoms with van der Waals surface area (Å²) in [7, 11) is 0. The highest BCUT2D eigenvalue weighted by Crippen LogP contribution is 2.38. The van der Waals surface area contributed by atoms with E-state index in [1.807, 2.05) is 18.2 Å². The maximum Gasteiger partial charge on any atom is 0.306 e. The Hall–Kier alpha value is -2.47. The summed E-state index contributed by atoms with van der Waals surface area (Å²) in [6.07, 6.45) is 12.2. The van der Waals surface area contributed by atoms with Crippen molar-refractivity contribution in [1.29, 1.82) is 0 Å². The molecule has 0 spiro atoms. The summed E-state index contributed by atoms with van der Waals surface area (Å²) in [4.78, 5) is 31.6. The van der Waals surface area contributed by atoms with E-state index in [0.29, 0.717) is 29.9 Å². The van der Waals surface area contributed by atoms with Crippen molar-refractivity contribution in [1.82, 2.24) is 9.55 Å². The number of thiophene rings is 1. The Balaban J connectivity index is 1.41. The van der Waals surface area contributed by atoms with Crippen molar-refractivity contribution in [3.8, 4) is 0 Å². The quantitative estimate of drug-likeness (QED) is 0.302. The molecule has 1 N–H and O–H groups in total. The molecule has 5 nitrogen and oxygen atoms in total. The average Bonchev–Trinajstić information content (AvgIpc) is 3.52. The molecule has 6 heteroatoms. The highest BCUT2D eigenvalue weighted by Gasteiger charge is 2.29. The Kier molecular flexibility index (Phi) is 7.90. The van der Waals surface area contributed by atoms with Crippen molar-refractivity contribution in [2.45, 2.75) is 90.0 Å². The molecule has 2 heterocycles. The molecule has 2 unspecified atom stereocenters. The van der Waals surface area contributed by atoms with Gasteiger partial charge in [-0.1, -0.05) is 57.9 Å². The van der Waals surface area contributed by atoms with Gasteiger partial charge in [0.05, 0.1) is 17.0 Å². The summed E-state index contributed by atoms with van der Waals surface area (Å²) in [5, 5.41) is 11.9. The van der Waals surface area contributed by atoms with Gasteiger partial charge in [-0.3, -0.25) is 9.59 Å². The van der Waals surface area contributed by atoms with Crippen LogP contribution in [0.15, 0.2) is 35.7 Å². The number of fused-ring (bicyclic) bond motifs is 1. The average molecular weight is 507 g/mol. The summed E-state index contributed by atoms with van der Waals surface area (Å²) in [5.41, 5.74) is 2.53. The molecule has 3 atom stereocenters. The van der Waals surface area contributed by atoms with Crippen LogP contribution < -0.4 is 0 Å². The molecular weight excluding hydrogens is 468 g/mol. The zero-order chi connectivity index (χ0) is 25.1. The van der Waals surface area contributed by atoms with Crippen LogP contribution in [-0.4, -0.2) is 26.4 Å². The molecule has 0 amide bonds. The lowest BCUT2D eigenvalue weighted by Crippen LogP contribution is -2.23. The molecule has 5 rings (SSSR count). The summed E-state index contributed by atoms with van der Waals surface area (Å²) in [5.74, 6) is 0.561. The van der Waals surface area contributed by atoms with Crippen LogP contribution in [-0.2, 0) is 11.2 Å². The molecule has 1 aromatic carbocycles. The van der Waals surface area contributed by atoms with E-state index >= 15 is 0 Å². The fourth-order valence-corrected chi connectivity index (χ4v) is 7.21. The lowest BCUT2D eigenvalue weighted by atomic mass is 9.81. The van der Waals surface area contributed by atoms with Gasteiger partial charge in [-0.25, -0.2) is 4.98 Å². The number of aliphatic carboxylic acids is 1. The van der Waals surface area contributed by atoms with E-state index in [1.165, 1.54) is 43.4 Å². The molecule has 0 radical (unpaired) electrons. The predicted octanol–water partition coefficient (Wildman–Crippen LogP) is 7.68. The van der Waals surface area contributed by atoms with E-state index in [4.69, 9.17) is 4.98 Å². The molecule has 0 bridgehead atoms. The minimum absolute atomic E-state index is 0.0692. The molecule has 2 aromatic heterocycles. The van der Waals surface area contributed by atoms with Gasteiger partial charge in [-0.05, 0) is 60.7 Å². The number of Topliss-reactive ketones (excluding diaryl/α,β-unsaturated/α-hetero) is 1. The number of nitrogens with zero attached hydrogens (tertiary/aromatic N) is 2. The van der Waals surface area contributed by atoms with Gasteiger partial charge in [-0.2, -0.15) is 0 Å². The van der Waals surface area contributed by atoms with Crippen molar-refractivity contribution in [2.24, 2.45) is 17.8 Å². The summed E-state index contributed by atoms with van der Waals surface area (Å²) >= 11 is 1.75. The fourth-order valence-electron chi connectivity index (χ4n) is 6.50. The Morgan fingerprint density at radius 2 is 1.86 bits per heavy atom. The predicted molar refractivity (Wildman–Crippen MR) is 145 cm³/mol. The van der Waals surface area contributed by atoms with Gasteiger partial charge in [0.15, 0.2) is 5.78 Å². The minimum Gasteiger partial charge on any atom is -0.481 e. The lowest BCUT2D eigenvalue weighted by molar-refractivity contribution is -0.142. The highest BCUT2D eigenvalue weighted by molar-refractivity contribution is 7.09. The number of rotatable bonds is 9. The second-order valence-electron chi connectivity index (χ2n) is 11.1. The van der Waals surface area contributed by atoms with Crippen molar-refractivity contribution >= 4 is 34.1 Å². The van der Waals surface area contributed by atoms with E-state index in [2.05, 4.69) is 29.0 Å². The summed E-state index contributed by atoms with van der Waals surface area (Å²) in [6.45, 7) is 2.35. The summed E-state index contributed by atoms with van der Waals surface area (Å²) < 4.78 is 2.44.